The van der Waals surface area contributed by atoms with E-state index in [0.29, 0.717) is 6.54 Å². The minimum Gasteiger partial charge on any atom is -0.453 e. The largest absolute Gasteiger partial charge is 0.453 e. The molecule has 0 saturated heterocycles. The number of rotatable bonds is 1. The van der Waals surface area contributed by atoms with Crippen molar-refractivity contribution in [2.75, 3.05) is 13.7 Å². The molecule has 0 aromatic heterocycles. The Bertz CT molecular complexity index is 654. The summed E-state index contributed by atoms with van der Waals surface area (Å²) in [7, 11) is 1.38. The second-order valence-corrected chi connectivity index (χ2v) is 5.07. The SMILES string of the molecule is COC(=O)N1CCc2ccccc2[C@@H]1c1ccc(F)cc1. The molecule has 0 fully saturated rings. The van der Waals surface area contributed by atoms with Crippen molar-refractivity contribution >= 4 is 6.09 Å². The number of nitrogens with zero attached hydrogens (tertiary/aromatic N) is 1. The van der Waals surface area contributed by atoms with Crippen LogP contribution in [0.2, 0.25) is 0 Å². The Morgan fingerprint density at radius 1 is 1.19 bits per heavy atom. The van der Waals surface area contributed by atoms with E-state index < -0.39 is 0 Å². The molecule has 1 aliphatic heterocycles. The number of hydrogen-bond donors (Lipinski definition) is 0. The zero-order chi connectivity index (χ0) is 14.8. The summed E-state index contributed by atoms with van der Waals surface area (Å²) >= 11 is 0. The summed E-state index contributed by atoms with van der Waals surface area (Å²) in [6.07, 6.45) is 0.432. The first-order valence-electron chi connectivity index (χ1n) is 6.88. The molecule has 1 heterocycles. The molecule has 1 aliphatic rings. The Labute approximate surface area is 123 Å². The van der Waals surface area contributed by atoms with Crippen LogP contribution in [0.4, 0.5) is 9.18 Å². The molecule has 2 aromatic carbocycles. The third-order valence-electron chi connectivity index (χ3n) is 3.88. The van der Waals surface area contributed by atoms with Crippen LogP contribution in [-0.4, -0.2) is 24.6 Å². The lowest BCUT2D eigenvalue weighted by molar-refractivity contribution is 0.109. The molecule has 21 heavy (non-hydrogen) atoms. The molecule has 0 N–H and O–H groups in total. The van der Waals surface area contributed by atoms with Crippen molar-refractivity contribution in [1.82, 2.24) is 4.90 Å². The van der Waals surface area contributed by atoms with E-state index in [2.05, 4.69) is 6.07 Å². The zero-order valence-electron chi connectivity index (χ0n) is 11.8. The quantitative estimate of drug-likeness (QED) is 0.802. The van der Waals surface area contributed by atoms with Crippen LogP contribution in [0.25, 0.3) is 0 Å². The zero-order valence-corrected chi connectivity index (χ0v) is 11.8. The van der Waals surface area contributed by atoms with Crippen LogP contribution in [0.1, 0.15) is 22.7 Å². The maximum absolute atomic E-state index is 13.2. The fourth-order valence-corrected chi connectivity index (χ4v) is 2.89. The fourth-order valence-electron chi connectivity index (χ4n) is 2.89. The number of halogens is 1. The molecule has 3 nitrogen and oxygen atoms in total. The Morgan fingerprint density at radius 3 is 2.62 bits per heavy atom. The van der Waals surface area contributed by atoms with Gasteiger partial charge in [-0.3, -0.25) is 4.90 Å². The van der Waals surface area contributed by atoms with E-state index in [1.807, 2.05) is 18.2 Å². The number of benzene rings is 2. The lowest BCUT2D eigenvalue weighted by Gasteiger charge is -2.36. The normalized spacial score (nSPS) is 17.2. The van der Waals surface area contributed by atoms with Crippen LogP contribution in [0.15, 0.2) is 48.5 Å². The number of hydrogen-bond acceptors (Lipinski definition) is 2. The first kappa shape index (κ1) is 13.6. The molecule has 3 rings (SSSR count). The van der Waals surface area contributed by atoms with Gasteiger partial charge in [-0.2, -0.15) is 0 Å². The second-order valence-electron chi connectivity index (χ2n) is 5.07. The van der Waals surface area contributed by atoms with Crippen LogP contribution in [0, 0.1) is 5.82 Å². The van der Waals surface area contributed by atoms with Gasteiger partial charge in [0.25, 0.3) is 0 Å². The molecule has 0 radical (unpaired) electrons. The van der Waals surface area contributed by atoms with Gasteiger partial charge in [0.2, 0.25) is 0 Å². The van der Waals surface area contributed by atoms with Crippen molar-refractivity contribution in [3.63, 3.8) is 0 Å². The van der Waals surface area contributed by atoms with Gasteiger partial charge in [-0.05, 0) is 35.2 Å². The molecule has 2 aromatic rings. The highest BCUT2D eigenvalue weighted by Crippen LogP contribution is 2.35. The van der Waals surface area contributed by atoms with Gasteiger partial charge in [0.1, 0.15) is 5.82 Å². The molecule has 0 aliphatic carbocycles. The van der Waals surface area contributed by atoms with Gasteiger partial charge >= 0.3 is 6.09 Å². The van der Waals surface area contributed by atoms with E-state index in [9.17, 15) is 9.18 Å². The van der Waals surface area contributed by atoms with Crippen molar-refractivity contribution in [1.29, 1.82) is 0 Å². The average molecular weight is 285 g/mol. The van der Waals surface area contributed by atoms with Crippen molar-refractivity contribution in [2.24, 2.45) is 0 Å². The Kier molecular flexibility index (Phi) is 3.60. The molecule has 0 saturated carbocycles. The smallest absolute Gasteiger partial charge is 0.410 e. The van der Waals surface area contributed by atoms with Gasteiger partial charge in [0.15, 0.2) is 0 Å². The molecule has 108 valence electrons. The topological polar surface area (TPSA) is 29.5 Å². The van der Waals surface area contributed by atoms with Crippen LogP contribution in [0.3, 0.4) is 0 Å². The summed E-state index contributed by atoms with van der Waals surface area (Å²) in [5.74, 6) is -0.285. The standard InChI is InChI=1S/C17H16FNO2/c1-21-17(20)19-11-10-12-4-2-3-5-15(12)16(19)13-6-8-14(18)9-7-13/h2-9,16H,10-11H2,1H3/t16-/m0/s1. The molecule has 0 bridgehead atoms. The van der Waals surface area contributed by atoms with E-state index in [-0.39, 0.29) is 18.0 Å². The monoisotopic (exact) mass is 285 g/mol. The van der Waals surface area contributed by atoms with Crippen molar-refractivity contribution in [3.8, 4) is 0 Å². The summed E-state index contributed by atoms with van der Waals surface area (Å²) in [6.45, 7) is 0.589. The summed E-state index contributed by atoms with van der Waals surface area (Å²) in [4.78, 5) is 13.7. The van der Waals surface area contributed by atoms with Crippen LogP contribution in [0.5, 0.6) is 0 Å². The van der Waals surface area contributed by atoms with E-state index in [4.69, 9.17) is 4.74 Å². The summed E-state index contributed by atoms with van der Waals surface area (Å²) in [5, 5.41) is 0. The Hall–Kier alpha value is -2.36. The molecule has 4 heteroatoms. The van der Waals surface area contributed by atoms with Gasteiger partial charge in [-0.25, -0.2) is 9.18 Å². The Balaban J connectivity index is 2.09. The van der Waals surface area contributed by atoms with Crippen molar-refractivity contribution in [2.45, 2.75) is 12.5 Å². The highest BCUT2D eigenvalue weighted by molar-refractivity contribution is 5.70. The number of amides is 1. The number of methoxy groups -OCH3 is 1. The van der Waals surface area contributed by atoms with Gasteiger partial charge in [-0.1, -0.05) is 36.4 Å². The second kappa shape index (κ2) is 5.56. The summed E-state index contributed by atoms with van der Waals surface area (Å²) in [5.41, 5.74) is 3.17. The van der Waals surface area contributed by atoms with E-state index >= 15 is 0 Å². The number of fused-ring (bicyclic) bond motifs is 1. The van der Waals surface area contributed by atoms with Crippen LogP contribution >= 0.6 is 0 Å². The number of ether oxygens (including phenoxy) is 1. The molecular weight excluding hydrogens is 269 g/mol. The van der Waals surface area contributed by atoms with Gasteiger partial charge in [0, 0.05) is 6.54 Å². The predicted octanol–water partition coefficient (Wildman–Crippen LogP) is 3.54. The molecule has 1 amide bonds. The lowest BCUT2D eigenvalue weighted by Crippen LogP contribution is -2.40. The minimum absolute atomic E-state index is 0.233. The van der Waals surface area contributed by atoms with Crippen molar-refractivity contribution < 1.29 is 13.9 Å². The van der Waals surface area contributed by atoms with Gasteiger partial charge in [-0.15, -0.1) is 0 Å². The predicted molar refractivity (Wildman–Crippen MR) is 77.5 cm³/mol. The lowest BCUT2D eigenvalue weighted by atomic mass is 9.88. The highest BCUT2D eigenvalue weighted by Gasteiger charge is 2.32. The summed E-state index contributed by atoms with van der Waals surface area (Å²) < 4.78 is 18.1. The van der Waals surface area contributed by atoms with Gasteiger partial charge in [0.05, 0.1) is 13.2 Å². The molecular formula is C17H16FNO2. The third-order valence-corrected chi connectivity index (χ3v) is 3.88. The maximum Gasteiger partial charge on any atom is 0.410 e. The highest BCUT2D eigenvalue weighted by atomic mass is 19.1. The molecule has 1 atom stereocenters. The fraction of sp³-hybridized carbons (Fsp3) is 0.235. The van der Waals surface area contributed by atoms with Crippen LogP contribution < -0.4 is 0 Å². The van der Waals surface area contributed by atoms with E-state index in [0.717, 1.165) is 17.5 Å². The summed E-state index contributed by atoms with van der Waals surface area (Å²) in [6, 6.07) is 14.1. The van der Waals surface area contributed by atoms with Crippen molar-refractivity contribution in [3.05, 3.63) is 71.0 Å². The molecule has 0 spiro atoms. The number of carbonyl (C=O) groups excluding carboxylic acids is 1. The number of carbonyl (C=O) groups is 1. The Morgan fingerprint density at radius 2 is 1.90 bits per heavy atom. The minimum atomic E-state index is -0.362. The van der Waals surface area contributed by atoms with Gasteiger partial charge < -0.3 is 4.74 Å². The maximum atomic E-state index is 13.2. The van der Waals surface area contributed by atoms with Crippen LogP contribution in [-0.2, 0) is 11.2 Å². The van der Waals surface area contributed by atoms with E-state index in [1.54, 1.807) is 17.0 Å². The first-order valence-corrected chi connectivity index (χ1v) is 6.88. The third kappa shape index (κ3) is 2.49. The first-order chi connectivity index (χ1) is 10.2. The molecule has 0 unspecified atom stereocenters. The van der Waals surface area contributed by atoms with E-state index in [1.165, 1.54) is 24.8 Å². The average Bonchev–Trinajstić information content (AvgIpc) is 2.54.